The zero-order valence-corrected chi connectivity index (χ0v) is 13.5. The summed E-state index contributed by atoms with van der Waals surface area (Å²) < 4.78 is 5.75. The lowest BCUT2D eigenvalue weighted by Crippen LogP contribution is -2.46. The number of carboxylic acids is 1. The van der Waals surface area contributed by atoms with E-state index in [1.165, 1.54) is 5.56 Å². The molecule has 2 heterocycles. The Hall–Kier alpha value is -2.24. The molecule has 2 N–H and O–H groups in total. The van der Waals surface area contributed by atoms with Gasteiger partial charge >= 0.3 is 12.0 Å². The molecule has 2 amide bonds. The van der Waals surface area contributed by atoms with Crippen LogP contribution in [0.4, 0.5) is 4.79 Å². The number of carbonyl (C=O) groups is 2. The van der Waals surface area contributed by atoms with Gasteiger partial charge in [0.25, 0.3) is 0 Å². The molecule has 2 aliphatic heterocycles. The number of nitrogens with one attached hydrogen (secondary N) is 1. The molecular weight excluding hydrogens is 296 g/mol. The minimum absolute atomic E-state index is 0.144. The van der Waals surface area contributed by atoms with E-state index in [9.17, 15) is 9.59 Å². The fraction of sp³-hybridized carbons (Fsp3) is 0.529. The van der Waals surface area contributed by atoms with Gasteiger partial charge in [-0.15, -0.1) is 0 Å². The number of aryl methyl sites for hydroxylation is 1. The number of nitrogens with zero attached hydrogens (tertiary/aromatic N) is 1. The summed E-state index contributed by atoms with van der Waals surface area (Å²) in [4.78, 5) is 25.1. The van der Waals surface area contributed by atoms with Crippen molar-refractivity contribution in [3.05, 3.63) is 28.8 Å². The molecule has 1 atom stereocenters. The molecule has 0 bridgehead atoms. The van der Waals surface area contributed by atoms with Crippen LogP contribution in [-0.4, -0.2) is 41.7 Å². The largest absolute Gasteiger partial charge is 0.490 e. The molecule has 23 heavy (non-hydrogen) atoms. The third-order valence-corrected chi connectivity index (χ3v) is 4.91. The van der Waals surface area contributed by atoms with Gasteiger partial charge in [0.2, 0.25) is 0 Å². The van der Waals surface area contributed by atoms with Gasteiger partial charge in [0, 0.05) is 18.7 Å². The maximum absolute atomic E-state index is 12.4. The van der Waals surface area contributed by atoms with Gasteiger partial charge in [0.1, 0.15) is 12.4 Å². The number of carbonyl (C=O) groups excluding carboxylic acids is 1. The predicted molar refractivity (Wildman–Crippen MR) is 84.6 cm³/mol. The van der Waals surface area contributed by atoms with Crippen LogP contribution < -0.4 is 10.1 Å². The van der Waals surface area contributed by atoms with Crippen molar-refractivity contribution in [3.63, 3.8) is 0 Å². The monoisotopic (exact) mass is 318 g/mol. The van der Waals surface area contributed by atoms with Crippen LogP contribution in [0.5, 0.6) is 5.75 Å². The number of likely N-dealkylation sites (tertiary alicyclic amines) is 1. The molecule has 0 radical (unpaired) electrons. The third-order valence-electron chi connectivity index (χ3n) is 4.91. The van der Waals surface area contributed by atoms with Crippen molar-refractivity contribution < 1.29 is 19.4 Å². The third kappa shape index (κ3) is 2.98. The SMILES string of the molecule is Cc1ccc2c(c1C)OCC2NC(=O)N1CCC(C(=O)O)CC1. The van der Waals surface area contributed by atoms with Crippen LogP contribution in [0.1, 0.15) is 35.6 Å². The number of urea groups is 1. The average Bonchev–Trinajstić information content (AvgIpc) is 2.94. The standard InChI is InChI=1S/C17H22N2O4/c1-10-3-4-13-14(9-23-15(13)11(10)2)18-17(22)19-7-5-12(6-8-19)16(20)21/h3-4,12,14H,5-9H2,1-2H3,(H,18,22)(H,20,21). The van der Waals surface area contributed by atoms with Crippen LogP contribution in [0.25, 0.3) is 0 Å². The number of hydrogen-bond donors (Lipinski definition) is 2. The molecule has 3 rings (SSSR count). The predicted octanol–water partition coefficient (Wildman–Crippen LogP) is 2.24. The Balaban J connectivity index is 1.63. The van der Waals surface area contributed by atoms with E-state index in [4.69, 9.17) is 9.84 Å². The van der Waals surface area contributed by atoms with Crippen molar-refractivity contribution in [2.45, 2.75) is 32.7 Å². The van der Waals surface area contributed by atoms with Gasteiger partial charge in [-0.1, -0.05) is 12.1 Å². The molecular formula is C17H22N2O4. The summed E-state index contributed by atoms with van der Waals surface area (Å²) >= 11 is 0. The highest BCUT2D eigenvalue weighted by Crippen LogP contribution is 2.36. The van der Waals surface area contributed by atoms with Crippen LogP contribution in [0.3, 0.4) is 0 Å². The van der Waals surface area contributed by atoms with Gasteiger partial charge in [-0.05, 0) is 37.8 Å². The maximum Gasteiger partial charge on any atom is 0.318 e. The molecule has 1 unspecified atom stereocenters. The Morgan fingerprint density at radius 3 is 2.61 bits per heavy atom. The topological polar surface area (TPSA) is 78.9 Å². The Labute approximate surface area is 135 Å². The van der Waals surface area contributed by atoms with Crippen molar-refractivity contribution in [1.82, 2.24) is 10.2 Å². The average molecular weight is 318 g/mol. The number of amides is 2. The molecule has 1 aromatic carbocycles. The lowest BCUT2D eigenvalue weighted by molar-refractivity contribution is -0.143. The van der Waals surface area contributed by atoms with Gasteiger partial charge in [0.15, 0.2) is 0 Å². The van der Waals surface area contributed by atoms with Crippen LogP contribution in [0, 0.1) is 19.8 Å². The number of aliphatic carboxylic acids is 1. The van der Waals surface area contributed by atoms with Crippen molar-refractivity contribution in [3.8, 4) is 5.75 Å². The molecule has 124 valence electrons. The first-order valence-electron chi connectivity index (χ1n) is 7.98. The van der Waals surface area contributed by atoms with Crippen LogP contribution in [0.2, 0.25) is 0 Å². The van der Waals surface area contributed by atoms with Gasteiger partial charge < -0.3 is 20.1 Å². The summed E-state index contributed by atoms with van der Waals surface area (Å²) in [6.07, 6.45) is 1.03. The fourth-order valence-electron chi connectivity index (χ4n) is 3.22. The smallest absolute Gasteiger partial charge is 0.318 e. The summed E-state index contributed by atoms with van der Waals surface area (Å²) in [7, 11) is 0. The number of rotatable bonds is 2. The number of hydrogen-bond acceptors (Lipinski definition) is 3. The molecule has 0 aliphatic carbocycles. The molecule has 1 saturated heterocycles. The summed E-state index contributed by atoms with van der Waals surface area (Å²) in [5, 5.41) is 12.0. The normalized spacial score (nSPS) is 20.8. The van der Waals surface area contributed by atoms with E-state index in [0.717, 1.165) is 16.9 Å². The number of piperidine rings is 1. The first kappa shape index (κ1) is 15.6. The second-order valence-corrected chi connectivity index (χ2v) is 6.34. The molecule has 0 spiro atoms. The van der Waals surface area contributed by atoms with E-state index in [0.29, 0.717) is 32.5 Å². The van der Waals surface area contributed by atoms with Crippen LogP contribution in [-0.2, 0) is 4.79 Å². The minimum Gasteiger partial charge on any atom is -0.490 e. The van der Waals surface area contributed by atoms with E-state index in [-0.39, 0.29) is 18.0 Å². The summed E-state index contributed by atoms with van der Waals surface area (Å²) in [5.74, 6) is -0.228. The van der Waals surface area contributed by atoms with Crippen molar-refractivity contribution in [1.29, 1.82) is 0 Å². The molecule has 1 aromatic rings. The highest BCUT2D eigenvalue weighted by Gasteiger charge is 2.31. The van der Waals surface area contributed by atoms with E-state index in [1.807, 2.05) is 26.0 Å². The molecule has 0 saturated carbocycles. The quantitative estimate of drug-likeness (QED) is 0.876. The number of benzene rings is 1. The molecule has 2 aliphatic rings. The van der Waals surface area contributed by atoms with Gasteiger partial charge in [-0.3, -0.25) is 4.79 Å². The van der Waals surface area contributed by atoms with E-state index < -0.39 is 5.97 Å². The fourth-order valence-corrected chi connectivity index (χ4v) is 3.22. The number of fused-ring (bicyclic) bond motifs is 1. The second-order valence-electron chi connectivity index (χ2n) is 6.34. The van der Waals surface area contributed by atoms with Gasteiger partial charge in [0.05, 0.1) is 12.0 Å². The Morgan fingerprint density at radius 1 is 1.26 bits per heavy atom. The second kappa shape index (κ2) is 6.10. The lowest BCUT2D eigenvalue weighted by Gasteiger charge is -2.31. The highest BCUT2D eigenvalue weighted by molar-refractivity contribution is 5.76. The van der Waals surface area contributed by atoms with Crippen molar-refractivity contribution in [2.24, 2.45) is 5.92 Å². The number of ether oxygens (including phenoxy) is 1. The minimum atomic E-state index is -0.769. The van der Waals surface area contributed by atoms with Gasteiger partial charge in [-0.2, -0.15) is 0 Å². The van der Waals surface area contributed by atoms with E-state index in [2.05, 4.69) is 5.32 Å². The molecule has 6 nitrogen and oxygen atoms in total. The Morgan fingerprint density at radius 2 is 1.96 bits per heavy atom. The molecule has 6 heteroatoms. The molecule has 0 aromatic heterocycles. The van der Waals surface area contributed by atoms with E-state index in [1.54, 1.807) is 4.90 Å². The molecule has 1 fully saturated rings. The summed E-state index contributed by atoms with van der Waals surface area (Å²) in [6.45, 7) is 5.47. The van der Waals surface area contributed by atoms with Crippen LogP contribution in [0.15, 0.2) is 12.1 Å². The maximum atomic E-state index is 12.4. The zero-order valence-electron chi connectivity index (χ0n) is 13.5. The van der Waals surface area contributed by atoms with Gasteiger partial charge in [-0.25, -0.2) is 4.79 Å². The lowest BCUT2D eigenvalue weighted by atomic mass is 9.97. The highest BCUT2D eigenvalue weighted by atomic mass is 16.5. The Kier molecular flexibility index (Phi) is 4.15. The Bertz CT molecular complexity index is 636. The van der Waals surface area contributed by atoms with Crippen molar-refractivity contribution >= 4 is 12.0 Å². The summed E-state index contributed by atoms with van der Waals surface area (Å²) in [5.41, 5.74) is 3.30. The van der Waals surface area contributed by atoms with E-state index >= 15 is 0 Å². The number of carboxylic acid groups (broad SMARTS) is 1. The van der Waals surface area contributed by atoms with Crippen molar-refractivity contribution in [2.75, 3.05) is 19.7 Å². The first-order valence-corrected chi connectivity index (χ1v) is 7.98. The summed E-state index contributed by atoms with van der Waals surface area (Å²) in [6, 6.07) is 3.76. The zero-order chi connectivity index (χ0) is 16.6. The van der Waals surface area contributed by atoms with Crippen LogP contribution >= 0.6 is 0 Å². The first-order chi connectivity index (χ1) is 11.0.